The topological polar surface area (TPSA) is 86.0 Å². The van der Waals surface area contributed by atoms with Crippen molar-refractivity contribution in [3.63, 3.8) is 0 Å². The minimum atomic E-state index is -0.460. The van der Waals surface area contributed by atoms with Crippen LogP contribution in [0.4, 0.5) is 11.4 Å². The third-order valence-corrected chi connectivity index (χ3v) is 4.57. The van der Waals surface area contributed by atoms with E-state index >= 15 is 0 Å². The summed E-state index contributed by atoms with van der Waals surface area (Å²) < 4.78 is 11.2. The Bertz CT molecular complexity index is 1060. The van der Waals surface area contributed by atoms with Gasteiger partial charge >= 0.3 is 0 Å². The van der Waals surface area contributed by atoms with Crippen LogP contribution >= 0.6 is 23.2 Å². The van der Waals surface area contributed by atoms with Gasteiger partial charge in [-0.2, -0.15) is 5.10 Å². The standard InChI is InChI=1S/C21H17Cl2N3O4/c1-29-20-11-15(12-24-25-17-6-8-18(9-7-17)26(27)28)10-19(23)21(20)30-13-14-2-4-16(22)5-3-14/h2-12,25H,13H2,1H3/b24-12+. The number of ether oxygens (including phenoxy) is 2. The normalized spacial score (nSPS) is 10.8. The van der Waals surface area contributed by atoms with Gasteiger partial charge in [-0.05, 0) is 47.5 Å². The number of nitrogens with zero attached hydrogens (tertiary/aromatic N) is 2. The minimum Gasteiger partial charge on any atom is -0.493 e. The van der Waals surface area contributed by atoms with E-state index in [0.29, 0.717) is 39.4 Å². The molecule has 0 fully saturated rings. The van der Waals surface area contributed by atoms with Crippen LogP contribution in [-0.4, -0.2) is 18.2 Å². The quantitative estimate of drug-likeness (QED) is 0.263. The zero-order chi connectivity index (χ0) is 21.5. The Balaban J connectivity index is 1.68. The minimum absolute atomic E-state index is 0.00948. The molecule has 0 bridgehead atoms. The van der Waals surface area contributed by atoms with Crippen LogP contribution in [0.15, 0.2) is 65.8 Å². The number of non-ortho nitro benzene ring substituents is 1. The summed E-state index contributed by atoms with van der Waals surface area (Å²) in [6.07, 6.45) is 1.55. The molecular weight excluding hydrogens is 429 g/mol. The van der Waals surface area contributed by atoms with E-state index in [1.54, 1.807) is 42.6 Å². The zero-order valence-electron chi connectivity index (χ0n) is 15.8. The zero-order valence-corrected chi connectivity index (χ0v) is 17.4. The van der Waals surface area contributed by atoms with E-state index in [4.69, 9.17) is 32.7 Å². The van der Waals surface area contributed by atoms with Gasteiger partial charge in [-0.25, -0.2) is 0 Å². The van der Waals surface area contributed by atoms with Crippen LogP contribution in [0.2, 0.25) is 10.0 Å². The van der Waals surface area contributed by atoms with E-state index in [1.165, 1.54) is 19.2 Å². The number of rotatable bonds is 8. The van der Waals surface area contributed by atoms with Gasteiger partial charge in [0.25, 0.3) is 5.69 Å². The number of anilines is 1. The van der Waals surface area contributed by atoms with E-state index in [2.05, 4.69) is 10.5 Å². The maximum Gasteiger partial charge on any atom is 0.269 e. The summed E-state index contributed by atoms with van der Waals surface area (Å²) in [5.41, 5.74) is 5.05. The van der Waals surface area contributed by atoms with Crippen LogP contribution in [-0.2, 0) is 6.61 Å². The fourth-order valence-electron chi connectivity index (χ4n) is 2.53. The Morgan fingerprint density at radius 1 is 1.10 bits per heavy atom. The van der Waals surface area contributed by atoms with Crippen molar-refractivity contribution >= 4 is 40.8 Å². The van der Waals surface area contributed by atoms with Crippen molar-refractivity contribution < 1.29 is 14.4 Å². The number of benzene rings is 3. The highest BCUT2D eigenvalue weighted by molar-refractivity contribution is 6.32. The van der Waals surface area contributed by atoms with Gasteiger partial charge in [0, 0.05) is 17.2 Å². The molecule has 0 spiro atoms. The largest absolute Gasteiger partial charge is 0.493 e. The number of hydrazone groups is 1. The smallest absolute Gasteiger partial charge is 0.269 e. The summed E-state index contributed by atoms with van der Waals surface area (Å²) in [5, 5.41) is 15.8. The van der Waals surface area contributed by atoms with Gasteiger partial charge in [0.2, 0.25) is 0 Å². The van der Waals surface area contributed by atoms with Gasteiger partial charge in [-0.3, -0.25) is 15.5 Å². The lowest BCUT2D eigenvalue weighted by Crippen LogP contribution is -2.00. The maximum absolute atomic E-state index is 10.7. The highest BCUT2D eigenvalue weighted by Crippen LogP contribution is 2.36. The third kappa shape index (κ3) is 5.62. The molecule has 0 aliphatic carbocycles. The van der Waals surface area contributed by atoms with Crippen molar-refractivity contribution in [1.82, 2.24) is 0 Å². The second-order valence-electron chi connectivity index (χ2n) is 6.12. The van der Waals surface area contributed by atoms with Gasteiger partial charge < -0.3 is 9.47 Å². The van der Waals surface area contributed by atoms with Gasteiger partial charge in [-0.1, -0.05) is 35.3 Å². The third-order valence-electron chi connectivity index (χ3n) is 4.03. The predicted molar refractivity (Wildman–Crippen MR) is 118 cm³/mol. The fourth-order valence-corrected chi connectivity index (χ4v) is 2.93. The lowest BCUT2D eigenvalue weighted by molar-refractivity contribution is -0.384. The van der Waals surface area contributed by atoms with Gasteiger partial charge in [0.1, 0.15) is 6.61 Å². The van der Waals surface area contributed by atoms with Crippen LogP contribution in [0.3, 0.4) is 0 Å². The number of hydrogen-bond acceptors (Lipinski definition) is 6. The molecule has 0 saturated carbocycles. The Hall–Kier alpha value is -3.29. The molecule has 0 heterocycles. The molecule has 3 aromatic rings. The molecule has 0 aliphatic rings. The number of nitro groups is 1. The van der Waals surface area contributed by atoms with E-state index in [1.807, 2.05) is 12.1 Å². The summed E-state index contributed by atoms with van der Waals surface area (Å²) in [7, 11) is 1.52. The van der Waals surface area contributed by atoms with Crippen LogP contribution in [0.1, 0.15) is 11.1 Å². The van der Waals surface area contributed by atoms with Crippen molar-refractivity contribution in [2.24, 2.45) is 5.10 Å². The van der Waals surface area contributed by atoms with Crippen molar-refractivity contribution in [2.45, 2.75) is 6.61 Å². The first kappa shape index (κ1) is 21.4. The number of halogens is 2. The fraction of sp³-hybridized carbons (Fsp3) is 0.0952. The average molecular weight is 446 g/mol. The number of hydrogen-bond donors (Lipinski definition) is 1. The van der Waals surface area contributed by atoms with E-state index in [-0.39, 0.29) is 5.69 Å². The molecular formula is C21H17Cl2N3O4. The monoisotopic (exact) mass is 445 g/mol. The number of nitrogens with one attached hydrogen (secondary N) is 1. The van der Waals surface area contributed by atoms with Crippen LogP contribution in [0.25, 0.3) is 0 Å². The molecule has 3 aromatic carbocycles. The molecule has 0 radical (unpaired) electrons. The SMILES string of the molecule is COc1cc(/C=N/Nc2ccc([N+](=O)[O-])cc2)cc(Cl)c1OCc1ccc(Cl)cc1. The first-order valence-corrected chi connectivity index (χ1v) is 9.50. The molecule has 0 unspecified atom stereocenters. The van der Waals surface area contributed by atoms with E-state index < -0.39 is 4.92 Å². The highest BCUT2D eigenvalue weighted by Gasteiger charge is 2.12. The molecule has 0 aliphatic heterocycles. The van der Waals surface area contributed by atoms with Crippen LogP contribution in [0.5, 0.6) is 11.5 Å². The average Bonchev–Trinajstić information content (AvgIpc) is 2.74. The molecule has 7 nitrogen and oxygen atoms in total. The highest BCUT2D eigenvalue weighted by atomic mass is 35.5. The summed E-state index contributed by atoms with van der Waals surface area (Å²) in [4.78, 5) is 10.2. The molecule has 0 aromatic heterocycles. The molecule has 0 saturated heterocycles. The van der Waals surface area contributed by atoms with Gasteiger partial charge in [-0.15, -0.1) is 0 Å². The Morgan fingerprint density at radius 2 is 1.80 bits per heavy atom. The second kappa shape index (κ2) is 9.96. The maximum atomic E-state index is 10.7. The molecule has 154 valence electrons. The van der Waals surface area contributed by atoms with E-state index in [9.17, 15) is 10.1 Å². The Kier molecular flexibility index (Phi) is 7.11. The molecule has 0 amide bonds. The second-order valence-corrected chi connectivity index (χ2v) is 6.97. The van der Waals surface area contributed by atoms with Crippen molar-refractivity contribution in [3.8, 4) is 11.5 Å². The summed E-state index contributed by atoms with van der Waals surface area (Å²) in [6.45, 7) is 0.308. The van der Waals surface area contributed by atoms with E-state index in [0.717, 1.165) is 5.56 Å². The van der Waals surface area contributed by atoms with Crippen LogP contribution < -0.4 is 14.9 Å². The van der Waals surface area contributed by atoms with Crippen LogP contribution in [0, 0.1) is 10.1 Å². The molecule has 9 heteroatoms. The first-order valence-electron chi connectivity index (χ1n) is 8.74. The molecule has 3 rings (SSSR count). The summed E-state index contributed by atoms with van der Waals surface area (Å²) in [5.74, 6) is 0.892. The van der Waals surface area contributed by atoms with Gasteiger partial charge in [0.15, 0.2) is 11.5 Å². The first-order chi connectivity index (χ1) is 14.5. The summed E-state index contributed by atoms with van der Waals surface area (Å²) >= 11 is 12.3. The van der Waals surface area contributed by atoms with Crippen molar-refractivity contribution in [1.29, 1.82) is 0 Å². The molecule has 1 N–H and O–H groups in total. The van der Waals surface area contributed by atoms with Crippen molar-refractivity contribution in [3.05, 3.63) is 92.0 Å². The molecule has 30 heavy (non-hydrogen) atoms. The lowest BCUT2D eigenvalue weighted by atomic mass is 10.2. The number of nitro benzene ring substituents is 1. The predicted octanol–water partition coefficient (Wildman–Crippen LogP) is 5.94. The summed E-state index contributed by atoms with van der Waals surface area (Å²) in [6, 6.07) is 16.7. The molecule has 0 atom stereocenters. The lowest BCUT2D eigenvalue weighted by Gasteiger charge is -2.13. The van der Waals surface area contributed by atoms with Crippen molar-refractivity contribution in [2.75, 3.05) is 12.5 Å². The Labute approximate surface area is 183 Å². The number of methoxy groups -OCH3 is 1. The van der Waals surface area contributed by atoms with Gasteiger partial charge in [0.05, 0.1) is 29.0 Å². The Morgan fingerprint density at radius 3 is 2.43 bits per heavy atom.